The molecule has 10 nitrogen and oxygen atoms in total. The van der Waals surface area contributed by atoms with Gasteiger partial charge in [-0.05, 0) is 131 Å². The largest absolute Gasteiger partial charge is 0.453 e. The summed E-state index contributed by atoms with van der Waals surface area (Å²) in [6, 6.07) is 14.6. The molecule has 1 N–H and O–H groups in total. The van der Waals surface area contributed by atoms with Gasteiger partial charge in [-0.15, -0.1) is 0 Å². The number of piperidine rings is 2. The fourth-order valence-electron chi connectivity index (χ4n) is 10.2. The van der Waals surface area contributed by atoms with Crippen LogP contribution in [-0.4, -0.2) is 119 Å². The van der Waals surface area contributed by atoms with Crippen molar-refractivity contribution in [1.29, 1.82) is 0 Å². The monoisotopic (exact) mass is 749 g/mol. The van der Waals surface area contributed by atoms with Crippen molar-refractivity contribution < 1.29 is 27.1 Å². The van der Waals surface area contributed by atoms with E-state index in [2.05, 4.69) is 32.7 Å². The molecular weight excluding hydrogens is 694 g/mol. The lowest BCUT2D eigenvalue weighted by Crippen LogP contribution is -2.60. The molecule has 5 aliphatic rings. The molecule has 1 aliphatic carbocycles. The lowest BCUT2D eigenvalue weighted by Gasteiger charge is -2.54. The minimum atomic E-state index is -3.55. The van der Waals surface area contributed by atoms with Gasteiger partial charge in [0.1, 0.15) is 5.82 Å². The van der Waals surface area contributed by atoms with E-state index in [-0.39, 0.29) is 35.6 Å². The molecule has 0 aromatic heterocycles. The van der Waals surface area contributed by atoms with Gasteiger partial charge in [0.15, 0.2) is 9.84 Å². The van der Waals surface area contributed by atoms with Gasteiger partial charge in [-0.1, -0.05) is 25.1 Å². The number of nitrogens with zero attached hydrogens (tertiary/aromatic N) is 4. The van der Waals surface area contributed by atoms with Gasteiger partial charge >= 0.3 is 6.09 Å². The molecule has 0 spiro atoms. The highest BCUT2D eigenvalue weighted by atomic mass is 32.2. The van der Waals surface area contributed by atoms with Crippen LogP contribution in [0.15, 0.2) is 66.1 Å². The van der Waals surface area contributed by atoms with E-state index in [0.29, 0.717) is 36.1 Å². The highest BCUT2D eigenvalue weighted by Gasteiger charge is 2.53. The Balaban J connectivity index is 0.981. The van der Waals surface area contributed by atoms with Crippen LogP contribution < -0.4 is 10.2 Å². The molecule has 4 saturated heterocycles. The summed E-state index contributed by atoms with van der Waals surface area (Å²) in [4.78, 5) is 34.0. The number of alkyl carbamates (subject to hydrolysis) is 1. The Bertz CT molecular complexity index is 1720. The maximum absolute atomic E-state index is 15.0. The summed E-state index contributed by atoms with van der Waals surface area (Å²) >= 11 is 0. The van der Waals surface area contributed by atoms with Gasteiger partial charge < -0.3 is 29.7 Å². The van der Waals surface area contributed by atoms with E-state index in [1.807, 2.05) is 18.2 Å². The van der Waals surface area contributed by atoms with Crippen LogP contribution in [0.2, 0.25) is 0 Å². The molecule has 7 rings (SSSR count). The van der Waals surface area contributed by atoms with Crippen LogP contribution >= 0.6 is 0 Å². The number of hydrogen-bond acceptors (Lipinski definition) is 8. The normalized spacial score (nSPS) is 26.0. The van der Waals surface area contributed by atoms with Crippen LogP contribution in [0.5, 0.6) is 0 Å². The molecule has 5 fully saturated rings. The zero-order valence-electron chi connectivity index (χ0n) is 31.1. The first-order chi connectivity index (χ1) is 25.6. The zero-order chi connectivity index (χ0) is 37.2. The Kier molecular flexibility index (Phi) is 11.5. The first-order valence-electron chi connectivity index (χ1n) is 19.7. The topological polar surface area (TPSA) is 103 Å². The van der Waals surface area contributed by atoms with E-state index in [4.69, 9.17) is 4.74 Å². The summed E-state index contributed by atoms with van der Waals surface area (Å²) < 4.78 is 46.9. The Morgan fingerprint density at radius 3 is 2.34 bits per heavy atom. The van der Waals surface area contributed by atoms with Crippen molar-refractivity contribution in [3.05, 3.63) is 72.6 Å². The minimum absolute atomic E-state index is 0.00853. The predicted molar refractivity (Wildman–Crippen MR) is 204 cm³/mol. The quantitative estimate of drug-likeness (QED) is 0.300. The van der Waals surface area contributed by atoms with Gasteiger partial charge in [0, 0.05) is 62.3 Å². The van der Waals surface area contributed by atoms with E-state index < -0.39 is 21.2 Å². The number of halogens is 1. The number of nitrogens with one attached hydrogen (secondary N) is 1. The third-order valence-electron chi connectivity index (χ3n) is 13.1. The molecule has 4 aliphatic heterocycles. The zero-order valence-corrected chi connectivity index (χ0v) is 32.0. The lowest BCUT2D eigenvalue weighted by molar-refractivity contribution is -0.126. The van der Waals surface area contributed by atoms with Crippen molar-refractivity contribution in [2.24, 2.45) is 17.8 Å². The van der Waals surface area contributed by atoms with Crippen LogP contribution in [0.1, 0.15) is 56.9 Å². The van der Waals surface area contributed by atoms with E-state index in [1.165, 1.54) is 25.7 Å². The first kappa shape index (κ1) is 37.8. The molecule has 4 heterocycles. The fourth-order valence-corrected chi connectivity index (χ4v) is 11.9. The van der Waals surface area contributed by atoms with Crippen molar-refractivity contribution in [2.45, 2.75) is 73.0 Å². The van der Waals surface area contributed by atoms with E-state index in [0.717, 1.165) is 95.7 Å². The van der Waals surface area contributed by atoms with Gasteiger partial charge in [0.05, 0.1) is 17.3 Å². The van der Waals surface area contributed by atoms with Crippen molar-refractivity contribution >= 4 is 27.5 Å². The summed E-state index contributed by atoms with van der Waals surface area (Å²) in [5, 5.41) is 2.58. The smallest absolute Gasteiger partial charge is 0.407 e. The van der Waals surface area contributed by atoms with Crippen molar-refractivity contribution in [2.75, 3.05) is 77.5 Å². The number of benzene rings is 2. The van der Waals surface area contributed by atoms with Gasteiger partial charge in [0.2, 0.25) is 5.91 Å². The van der Waals surface area contributed by atoms with Crippen LogP contribution in [-0.2, 0) is 24.8 Å². The molecule has 2 aromatic rings. The average Bonchev–Trinajstić information content (AvgIpc) is 3.61. The minimum Gasteiger partial charge on any atom is -0.453 e. The van der Waals surface area contributed by atoms with Crippen LogP contribution in [0.4, 0.5) is 14.9 Å². The average molecular weight is 750 g/mol. The Labute approximate surface area is 314 Å². The molecule has 53 heavy (non-hydrogen) atoms. The standard InChI is InChI=1S/C41H56FN5O5S/c1-3-39(48)46-21-6-10-36(28-46)53(50,51)35-15-13-34(14-16-35)47-26-30(27-47)25-44-22-17-31(18-23-44)41(29-45-19-7-20-45,32-8-4-9-33(42)24-32)37-11-5-12-38(37)43-40(49)52-2/h3-4,8-9,13-16,24,30-31,36-38H,1,5-7,10-12,17-23,25-29H2,2H3,(H,43,49)/t36-,37+,38+,41+/m1/s1. The summed E-state index contributed by atoms with van der Waals surface area (Å²) in [5.74, 6) is 0.664. The summed E-state index contributed by atoms with van der Waals surface area (Å²) in [7, 11) is -2.13. The first-order valence-corrected chi connectivity index (χ1v) is 21.2. The number of rotatable bonds is 12. The van der Waals surface area contributed by atoms with Gasteiger partial charge in [-0.25, -0.2) is 17.6 Å². The van der Waals surface area contributed by atoms with Crippen LogP contribution in [0.3, 0.4) is 0 Å². The molecule has 0 bridgehead atoms. The van der Waals surface area contributed by atoms with Crippen molar-refractivity contribution in [1.82, 2.24) is 20.0 Å². The van der Waals surface area contributed by atoms with Crippen molar-refractivity contribution in [3.63, 3.8) is 0 Å². The number of ether oxygens (including phenoxy) is 1. The van der Waals surface area contributed by atoms with Crippen molar-refractivity contribution in [3.8, 4) is 0 Å². The Morgan fingerprint density at radius 2 is 1.68 bits per heavy atom. The highest BCUT2D eigenvalue weighted by Crippen LogP contribution is 2.51. The molecule has 0 unspecified atom stereocenters. The second-order valence-electron chi connectivity index (χ2n) is 16.1. The number of likely N-dealkylation sites (tertiary alicyclic amines) is 3. The maximum atomic E-state index is 15.0. The van der Waals surface area contributed by atoms with E-state index in [9.17, 15) is 22.4 Å². The summed E-state index contributed by atoms with van der Waals surface area (Å²) in [5.41, 5.74) is 1.83. The Hall–Kier alpha value is -3.48. The van der Waals surface area contributed by atoms with E-state index in [1.54, 1.807) is 23.1 Å². The lowest BCUT2D eigenvalue weighted by atomic mass is 9.57. The van der Waals surface area contributed by atoms with Gasteiger partial charge in [-0.3, -0.25) is 4.79 Å². The molecule has 12 heteroatoms. The number of sulfone groups is 1. The Morgan fingerprint density at radius 1 is 0.925 bits per heavy atom. The van der Waals surface area contributed by atoms with Gasteiger partial charge in [0.25, 0.3) is 0 Å². The van der Waals surface area contributed by atoms with Crippen LogP contribution in [0, 0.1) is 23.6 Å². The van der Waals surface area contributed by atoms with Gasteiger partial charge in [-0.2, -0.15) is 0 Å². The highest BCUT2D eigenvalue weighted by molar-refractivity contribution is 7.92. The molecule has 4 atom stereocenters. The summed E-state index contributed by atoms with van der Waals surface area (Å²) in [6.07, 6.45) is 8.25. The fraction of sp³-hybridized carbons (Fsp3) is 0.610. The SMILES string of the molecule is C=CC(=O)N1CCC[C@@H](S(=O)(=O)c2ccc(N3CC(CN4CCC([C@@](CN5CCC5)(c5cccc(F)c5)[C@H]5CCC[C@@H]5NC(=O)OC)CC4)C3)cc2)C1. The third kappa shape index (κ3) is 7.87. The number of anilines is 1. The van der Waals surface area contributed by atoms with E-state index >= 15 is 0 Å². The third-order valence-corrected chi connectivity index (χ3v) is 15.3. The molecular formula is C41H56FN5O5S. The second-order valence-corrected chi connectivity index (χ2v) is 18.3. The number of carbonyl (C=O) groups excluding carboxylic acids is 2. The molecule has 0 radical (unpaired) electrons. The maximum Gasteiger partial charge on any atom is 0.407 e. The molecule has 288 valence electrons. The molecule has 2 aromatic carbocycles. The number of amides is 2. The summed E-state index contributed by atoms with van der Waals surface area (Å²) in [6.45, 7) is 12.2. The number of carbonyl (C=O) groups is 2. The predicted octanol–water partition coefficient (Wildman–Crippen LogP) is 5.09. The number of hydrogen-bond donors (Lipinski definition) is 1. The second kappa shape index (κ2) is 16.1. The van der Waals surface area contributed by atoms with Crippen LogP contribution in [0.25, 0.3) is 0 Å². The molecule has 1 saturated carbocycles. The number of methoxy groups -OCH3 is 1. The molecule has 2 amide bonds.